The van der Waals surface area contributed by atoms with Crippen LogP contribution in [-0.4, -0.2) is 18.1 Å². The first-order valence-electron chi connectivity index (χ1n) is 7.50. The van der Waals surface area contributed by atoms with Gasteiger partial charge in [-0.1, -0.05) is 35.9 Å². The van der Waals surface area contributed by atoms with Crippen molar-refractivity contribution in [3.8, 4) is 5.75 Å². The fourth-order valence-electron chi connectivity index (χ4n) is 2.23. The van der Waals surface area contributed by atoms with Gasteiger partial charge < -0.3 is 10.1 Å². The third-order valence-electron chi connectivity index (χ3n) is 3.42. The molecule has 0 unspecified atom stereocenters. The van der Waals surface area contributed by atoms with E-state index in [2.05, 4.69) is 10.6 Å². The molecule has 0 heterocycles. The number of methoxy groups -OCH3 is 1. The molecule has 2 aromatic carbocycles. The normalized spacial score (nSPS) is 10.5. The Labute approximate surface area is 147 Å². The number of ether oxygens (including phenoxy) is 1. The van der Waals surface area contributed by atoms with Gasteiger partial charge in [-0.2, -0.15) is 0 Å². The molecule has 0 spiro atoms. The van der Waals surface area contributed by atoms with Crippen molar-refractivity contribution in [3.63, 3.8) is 0 Å². The van der Waals surface area contributed by atoms with E-state index < -0.39 is 0 Å². The van der Waals surface area contributed by atoms with Crippen molar-refractivity contribution in [3.05, 3.63) is 65.2 Å². The summed E-state index contributed by atoms with van der Waals surface area (Å²) in [7, 11) is 1.59. The summed E-state index contributed by atoms with van der Waals surface area (Å²) in [5, 5.41) is 5.92. The van der Waals surface area contributed by atoms with Crippen LogP contribution in [-0.2, 0) is 4.79 Å². The minimum atomic E-state index is -0.303. The quantitative estimate of drug-likeness (QED) is 0.656. The van der Waals surface area contributed by atoms with Crippen LogP contribution in [0.25, 0.3) is 6.08 Å². The van der Waals surface area contributed by atoms with Crippen molar-refractivity contribution >= 4 is 35.0 Å². The summed E-state index contributed by atoms with van der Waals surface area (Å²) in [4.78, 5) is 12.0. The van der Waals surface area contributed by atoms with Crippen LogP contribution in [0.15, 0.2) is 48.5 Å². The number of carbonyl (C=O) groups excluding carboxylic acids is 1. The van der Waals surface area contributed by atoms with Gasteiger partial charge in [-0.15, -0.1) is 0 Å². The lowest BCUT2D eigenvalue weighted by Crippen LogP contribution is -2.33. The number of rotatable bonds is 4. The van der Waals surface area contributed by atoms with Gasteiger partial charge >= 0.3 is 0 Å². The van der Waals surface area contributed by atoms with Crippen molar-refractivity contribution in [2.24, 2.45) is 0 Å². The van der Waals surface area contributed by atoms with Gasteiger partial charge in [-0.05, 0) is 49.8 Å². The number of hydrogen-bond acceptors (Lipinski definition) is 3. The molecule has 4 nitrogen and oxygen atoms in total. The van der Waals surface area contributed by atoms with Crippen molar-refractivity contribution in [2.45, 2.75) is 13.8 Å². The van der Waals surface area contributed by atoms with Crippen LogP contribution in [0.5, 0.6) is 5.75 Å². The molecule has 0 radical (unpaired) electrons. The van der Waals surface area contributed by atoms with E-state index in [-0.39, 0.29) is 11.0 Å². The zero-order chi connectivity index (χ0) is 17.5. The number of para-hydroxylation sites is 1. The Bertz CT molecular complexity index is 785. The molecule has 2 N–H and O–H groups in total. The number of carbonyl (C=O) groups is 1. The number of anilines is 1. The summed E-state index contributed by atoms with van der Waals surface area (Å²) in [5.41, 5.74) is 3.94. The molecule has 0 bridgehead atoms. The van der Waals surface area contributed by atoms with Crippen molar-refractivity contribution in [1.29, 1.82) is 0 Å². The predicted octanol–water partition coefficient (Wildman–Crippen LogP) is 3.84. The summed E-state index contributed by atoms with van der Waals surface area (Å²) < 4.78 is 5.24. The standard InChI is InChI=1S/C19H20N2O2S/c1-13-8-10-16(14(2)12-13)20-19(24)21-18(22)11-9-15-6-4-5-7-17(15)23-3/h4-12H,1-3H3,(H2,20,21,22,24)/b11-9+. The van der Waals surface area contributed by atoms with E-state index in [9.17, 15) is 4.79 Å². The molecule has 0 atom stereocenters. The molecule has 1 amide bonds. The van der Waals surface area contributed by atoms with Gasteiger partial charge in [-0.3, -0.25) is 10.1 Å². The lowest BCUT2D eigenvalue weighted by atomic mass is 10.1. The summed E-state index contributed by atoms with van der Waals surface area (Å²) in [5.74, 6) is 0.403. The van der Waals surface area contributed by atoms with Crippen LogP contribution in [0.2, 0.25) is 0 Å². The van der Waals surface area contributed by atoms with Gasteiger partial charge in [0.25, 0.3) is 0 Å². The highest BCUT2D eigenvalue weighted by molar-refractivity contribution is 7.80. The molecule has 2 aromatic rings. The summed E-state index contributed by atoms with van der Waals surface area (Å²) in [6.45, 7) is 4.01. The van der Waals surface area contributed by atoms with Crippen LogP contribution in [0.4, 0.5) is 5.69 Å². The average Bonchev–Trinajstić information content (AvgIpc) is 2.55. The minimum absolute atomic E-state index is 0.261. The molecular formula is C19H20N2O2S. The number of aryl methyl sites for hydroxylation is 2. The Morgan fingerprint density at radius 2 is 1.92 bits per heavy atom. The smallest absolute Gasteiger partial charge is 0.250 e. The number of nitrogens with one attached hydrogen (secondary N) is 2. The van der Waals surface area contributed by atoms with E-state index in [0.717, 1.165) is 16.8 Å². The van der Waals surface area contributed by atoms with E-state index in [1.165, 1.54) is 11.6 Å². The van der Waals surface area contributed by atoms with Crippen molar-refractivity contribution in [2.75, 3.05) is 12.4 Å². The topological polar surface area (TPSA) is 50.4 Å². The Hall–Kier alpha value is -2.66. The first-order valence-corrected chi connectivity index (χ1v) is 7.90. The van der Waals surface area contributed by atoms with Crippen molar-refractivity contribution in [1.82, 2.24) is 5.32 Å². The van der Waals surface area contributed by atoms with E-state index >= 15 is 0 Å². The van der Waals surface area contributed by atoms with E-state index in [4.69, 9.17) is 17.0 Å². The predicted molar refractivity (Wildman–Crippen MR) is 102 cm³/mol. The SMILES string of the molecule is COc1ccccc1/C=C/C(=O)NC(=S)Nc1ccc(C)cc1C. The van der Waals surface area contributed by atoms with Crippen LogP contribution in [0, 0.1) is 13.8 Å². The largest absolute Gasteiger partial charge is 0.496 e. The maximum Gasteiger partial charge on any atom is 0.250 e. The number of hydrogen-bond donors (Lipinski definition) is 2. The zero-order valence-corrected chi connectivity index (χ0v) is 14.7. The maximum absolute atomic E-state index is 12.0. The molecule has 0 saturated heterocycles. The molecule has 0 aromatic heterocycles. The van der Waals surface area contributed by atoms with Crippen LogP contribution in [0.3, 0.4) is 0 Å². The highest BCUT2D eigenvalue weighted by Gasteiger charge is 2.04. The molecule has 0 aliphatic carbocycles. The fraction of sp³-hybridized carbons (Fsp3) is 0.158. The lowest BCUT2D eigenvalue weighted by Gasteiger charge is -2.11. The van der Waals surface area contributed by atoms with Gasteiger partial charge in [0, 0.05) is 17.3 Å². The van der Waals surface area contributed by atoms with Gasteiger partial charge in [0.2, 0.25) is 5.91 Å². The highest BCUT2D eigenvalue weighted by atomic mass is 32.1. The molecule has 0 aliphatic rings. The van der Waals surface area contributed by atoms with Crippen LogP contribution < -0.4 is 15.4 Å². The third-order valence-corrected chi connectivity index (χ3v) is 3.62. The molecule has 5 heteroatoms. The Morgan fingerprint density at radius 1 is 1.17 bits per heavy atom. The summed E-state index contributed by atoms with van der Waals surface area (Å²) in [6.07, 6.45) is 3.11. The molecule has 0 saturated carbocycles. The zero-order valence-electron chi connectivity index (χ0n) is 13.9. The first kappa shape index (κ1) is 17.7. The fourth-order valence-corrected chi connectivity index (χ4v) is 2.44. The summed E-state index contributed by atoms with van der Waals surface area (Å²) in [6, 6.07) is 13.4. The molecule has 24 heavy (non-hydrogen) atoms. The Kier molecular flexibility index (Phi) is 6.09. The molecule has 2 rings (SSSR count). The van der Waals surface area contributed by atoms with Crippen molar-refractivity contribution < 1.29 is 9.53 Å². The second-order valence-corrected chi connectivity index (χ2v) is 5.75. The molecule has 0 fully saturated rings. The second-order valence-electron chi connectivity index (χ2n) is 5.34. The van der Waals surface area contributed by atoms with Crippen LogP contribution in [0.1, 0.15) is 16.7 Å². The summed E-state index contributed by atoms with van der Waals surface area (Å²) >= 11 is 5.18. The van der Waals surface area contributed by atoms with Crippen LogP contribution >= 0.6 is 12.2 Å². The maximum atomic E-state index is 12.0. The van der Waals surface area contributed by atoms with E-state index in [0.29, 0.717) is 5.75 Å². The minimum Gasteiger partial charge on any atom is -0.496 e. The Morgan fingerprint density at radius 3 is 2.62 bits per heavy atom. The molecular weight excluding hydrogens is 320 g/mol. The first-order chi connectivity index (χ1) is 11.5. The second kappa shape index (κ2) is 8.26. The van der Waals surface area contributed by atoms with Gasteiger partial charge in [0.05, 0.1) is 7.11 Å². The Balaban J connectivity index is 1.96. The third kappa shape index (κ3) is 4.93. The average molecular weight is 340 g/mol. The monoisotopic (exact) mass is 340 g/mol. The molecule has 124 valence electrons. The highest BCUT2D eigenvalue weighted by Crippen LogP contribution is 2.18. The molecule has 0 aliphatic heterocycles. The van der Waals surface area contributed by atoms with Gasteiger partial charge in [0.15, 0.2) is 5.11 Å². The van der Waals surface area contributed by atoms with E-state index in [1.807, 2.05) is 56.3 Å². The number of amides is 1. The lowest BCUT2D eigenvalue weighted by molar-refractivity contribution is -0.115. The number of thiocarbonyl (C=S) groups is 1. The van der Waals surface area contributed by atoms with E-state index in [1.54, 1.807) is 13.2 Å². The van der Waals surface area contributed by atoms with Gasteiger partial charge in [-0.25, -0.2) is 0 Å². The number of benzene rings is 2. The van der Waals surface area contributed by atoms with Gasteiger partial charge in [0.1, 0.15) is 5.75 Å².